The number of rotatable bonds is 2. The fourth-order valence-electron chi connectivity index (χ4n) is 5.21. The molecule has 0 aromatic carbocycles. The first-order chi connectivity index (χ1) is 9.53. The minimum Gasteiger partial charge on any atom is -0.375 e. The fourth-order valence-corrected chi connectivity index (χ4v) is 5.21. The van der Waals surface area contributed by atoms with Crippen molar-refractivity contribution in [3.05, 3.63) is 0 Å². The van der Waals surface area contributed by atoms with Crippen molar-refractivity contribution in [2.24, 2.45) is 23.5 Å². The molecule has 0 bridgehead atoms. The normalized spacial score (nSPS) is 41.4. The van der Waals surface area contributed by atoms with Crippen LogP contribution in [0, 0.1) is 17.8 Å². The van der Waals surface area contributed by atoms with Gasteiger partial charge in [-0.05, 0) is 56.3 Å². The Bertz CT molecular complexity index is 334. The van der Waals surface area contributed by atoms with E-state index in [0.29, 0.717) is 5.92 Å². The maximum Gasteiger partial charge on any atom is 0.0685 e. The van der Waals surface area contributed by atoms with E-state index in [0.717, 1.165) is 18.4 Å². The van der Waals surface area contributed by atoms with Crippen molar-refractivity contribution in [3.8, 4) is 0 Å². The molecule has 0 radical (unpaired) electrons. The van der Waals surface area contributed by atoms with Gasteiger partial charge in [0.25, 0.3) is 0 Å². The molecule has 20 heavy (non-hydrogen) atoms. The van der Waals surface area contributed by atoms with Crippen LogP contribution in [0.25, 0.3) is 0 Å². The van der Waals surface area contributed by atoms with Crippen molar-refractivity contribution in [2.45, 2.75) is 89.2 Å². The molecule has 3 aliphatic rings. The molecule has 1 spiro atoms. The van der Waals surface area contributed by atoms with Gasteiger partial charge in [0.15, 0.2) is 0 Å². The minimum atomic E-state index is 0.104. The summed E-state index contributed by atoms with van der Waals surface area (Å²) in [5, 5.41) is 0. The molecule has 2 nitrogen and oxygen atoms in total. The van der Waals surface area contributed by atoms with Gasteiger partial charge >= 0.3 is 0 Å². The van der Waals surface area contributed by atoms with E-state index in [4.69, 9.17) is 10.5 Å². The first kappa shape index (κ1) is 14.8. The third-order valence-electron chi connectivity index (χ3n) is 6.62. The molecule has 3 rings (SSSR count). The van der Waals surface area contributed by atoms with Crippen molar-refractivity contribution in [3.63, 3.8) is 0 Å². The maximum atomic E-state index is 6.96. The third-order valence-corrected chi connectivity index (χ3v) is 6.62. The number of hydrogen-bond acceptors (Lipinski definition) is 2. The highest BCUT2D eigenvalue weighted by molar-refractivity contribution is 5.02. The molecule has 3 fully saturated rings. The Morgan fingerprint density at radius 3 is 2.45 bits per heavy atom. The molecule has 0 aromatic rings. The van der Waals surface area contributed by atoms with Gasteiger partial charge in [-0.25, -0.2) is 0 Å². The lowest BCUT2D eigenvalue weighted by Crippen LogP contribution is -2.55. The molecule has 2 N–H and O–H groups in total. The second-order valence-corrected chi connectivity index (χ2v) is 8.26. The smallest absolute Gasteiger partial charge is 0.0685 e. The van der Waals surface area contributed by atoms with E-state index in [1.165, 1.54) is 64.2 Å². The summed E-state index contributed by atoms with van der Waals surface area (Å²) in [6.07, 6.45) is 13.0. The molecule has 2 heteroatoms. The Balaban J connectivity index is 1.70. The zero-order valence-corrected chi connectivity index (χ0v) is 13.5. The van der Waals surface area contributed by atoms with Crippen molar-refractivity contribution in [1.82, 2.24) is 0 Å². The largest absolute Gasteiger partial charge is 0.375 e. The van der Waals surface area contributed by atoms with Gasteiger partial charge in [-0.15, -0.1) is 0 Å². The molecule has 2 aliphatic carbocycles. The van der Waals surface area contributed by atoms with Crippen LogP contribution in [0.15, 0.2) is 0 Å². The zero-order valence-electron chi connectivity index (χ0n) is 13.5. The number of nitrogens with two attached hydrogens (primary N) is 1. The highest BCUT2D eigenvalue weighted by atomic mass is 16.5. The first-order valence-electron chi connectivity index (χ1n) is 8.96. The molecular formula is C18H33NO. The Labute approximate surface area is 124 Å². The second kappa shape index (κ2) is 5.61. The van der Waals surface area contributed by atoms with Crippen LogP contribution in [-0.4, -0.2) is 17.7 Å². The van der Waals surface area contributed by atoms with E-state index in [2.05, 4.69) is 13.8 Å². The van der Waals surface area contributed by atoms with Gasteiger partial charge in [0.2, 0.25) is 0 Å². The van der Waals surface area contributed by atoms with Crippen molar-refractivity contribution in [2.75, 3.05) is 6.61 Å². The van der Waals surface area contributed by atoms with Gasteiger partial charge in [-0.3, -0.25) is 0 Å². The molecule has 0 aromatic heterocycles. The lowest BCUT2D eigenvalue weighted by molar-refractivity contribution is -0.110. The monoisotopic (exact) mass is 279 g/mol. The molecule has 1 saturated heterocycles. The van der Waals surface area contributed by atoms with Gasteiger partial charge in [0.05, 0.1) is 5.60 Å². The van der Waals surface area contributed by atoms with E-state index in [-0.39, 0.29) is 11.1 Å². The van der Waals surface area contributed by atoms with Crippen LogP contribution in [0.4, 0.5) is 0 Å². The van der Waals surface area contributed by atoms with E-state index < -0.39 is 0 Å². The van der Waals surface area contributed by atoms with Crippen LogP contribution < -0.4 is 5.73 Å². The average molecular weight is 279 g/mol. The highest BCUT2D eigenvalue weighted by Gasteiger charge is 2.47. The molecule has 116 valence electrons. The molecule has 3 atom stereocenters. The third kappa shape index (κ3) is 2.78. The topological polar surface area (TPSA) is 35.2 Å². The maximum absolute atomic E-state index is 6.96. The van der Waals surface area contributed by atoms with Gasteiger partial charge in [0, 0.05) is 12.1 Å². The lowest BCUT2D eigenvalue weighted by atomic mass is 9.63. The quantitative estimate of drug-likeness (QED) is 0.819. The second-order valence-electron chi connectivity index (χ2n) is 8.26. The summed E-state index contributed by atoms with van der Waals surface area (Å²) in [5.41, 5.74) is 7.28. The van der Waals surface area contributed by atoms with Crippen molar-refractivity contribution >= 4 is 0 Å². The summed E-state index contributed by atoms with van der Waals surface area (Å²) in [7, 11) is 0. The summed E-state index contributed by atoms with van der Waals surface area (Å²) in [6.45, 7) is 5.70. The molecule has 2 saturated carbocycles. The summed E-state index contributed by atoms with van der Waals surface area (Å²) >= 11 is 0. The Kier molecular flexibility index (Phi) is 4.16. The van der Waals surface area contributed by atoms with Gasteiger partial charge < -0.3 is 10.5 Å². The van der Waals surface area contributed by atoms with Crippen LogP contribution in [-0.2, 0) is 4.74 Å². The number of ether oxygens (including phenoxy) is 1. The van der Waals surface area contributed by atoms with Crippen LogP contribution in [0.1, 0.15) is 78.1 Å². The average Bonchev–Trinajstić information content (AvgIpc) is 2.87. The Morgan fingerprint density at radius 2 is 1.75 bits per heavy atom. The van der Waals surface area contributed by atoms with Crippen molar-refractivity contribution < 1.29 is 4.74 Å². The molecule has 3 unspecified atom stereocenters. The summed E-state index contributed by atoms with van der Waals surface area (Å²) < 4.78 is 6.21. The van der Waals surface area contributed by atoms with E-state index in [1.54, 1.807) is 0 Å². The summed E-state index contributed by atoms with van der Waals surface area (Å²) in [6, 6.07) is 0. The molecule has 1 aliphatic heterocycles. The summed E-state index contributed by atoms with van der Waals surface area (Å²) in [4.78, 5) is 0. The van der Waals surface area contributed by atoms with E-state index in [1.807, 2.05) is 0 Å². The SMILES string of the molecule is CC(C)C1CCCC(N)(C2CCOC3(CCCC3)C2)C1. The van der Waals surface area contributed by atoms with Crippen LogP contribution in [0.5, 0.6) is 0 Å². The molecule has 0 amide bonds. The standard InChI is InChI=1S/C18H33NO/c1-14(2)15-6-5-10-18(19,12-15)16-7-11-20-17(13-16)8-3-4-9-17/h14-16H,3-13,19H2,1-2H3. The first-order valence-corrected chi connectivity index (χ1v) is 8.96. The van der Waals surface area contributed by atoms with Gasteiger partial charge in [-0.2, -0.15) is 0 Å². The van der Waals surface area contributed by atoms with Gasteiger partial charge in [0.1, 0.15) is 0 Å². The van der Waals surface area contributed by atoms with Crippen LogP contribution in [0.2, 0.25) is 0 Å². The number of hydrogen-bond donors (Lipinski definition) is 1. The summed E-state index contributed by atoms with van der Waals surface area (Å²) in [5.74, 6) is 2.34. The molecular weight excluding hydrogens is 246 g/mol. The lowest BCUT2D eigenvalue weighted by Gasteiger charge is -2.50. The van der Waals surface area contributed by atoms with E-state index >= 15 is 0 Å². The Hall–Kier alpha value is -0.0800. The van der Waals surface area contributed by atoms with Crippen LogP contribution in [0.3, 0.4) is 0 Å². The predicted octanol–water partition coefficient (Wildman–Crippen LogP) is 4.27. The van der Waals surface area contributed by atoms with E-state index in [9.17, 15) is 0 Å². The zero-order chi connectivity index (χ0) is 14.2. The van der Waals surface area contributed by atoms with Gasteiger partial charge in [-0.1, -0.05) is 39.5 Å². The van der Waals surface area contributed by atoms with Crippen LogP contribution >= 0.6 is 0 Å². The minimum absolute atomic E-state index is 0.104. The highest BCUT2D eigenvalue weighted by Crippen LogP contribution is 2.48. The predicted molar refractivity (Wildman–Crippen MR) is 83.6 cm³/mol. The fraction of sp³-hybridized carbons (Fsp3) is 1.00. The van der Waals surface area contributed by atoms with Crippen molar-refractivity contribution in [1.29, 1.82) is 0 Å². The Morgan fingerprint density at radius 1 is 1.00 bits per heavy atom. The molecule has 1 heterocycles.